The first-order chi connectivity index (χ1) is 8.90. The number of hydrogen-bond acceptors (Lipinski definition) is 0. The van der Waals surface area contributed by atoms with Gasteiger partial charge in [0.25, 0.3) is 0 Å². The van der Waals surface area contributed by atoms with Gasteiger partial charge in [0.1, 0.15) is 23.3 Å². The third-order valence-corrected chi connectivity index (χ3v) is 3.94. The highest BCUT2D eigenvalue weighted by atomic mass is 79.9. The third kappa shape index (κ3) is 3.00. The highest BCUT2D eigenvalue weighted by Gasteiger charge is 2.23. The maximum atomic E-state index is 13.8. The number of benzene rings is 2. The normalized spacial score (nSPS) is 12.5. The van der Waals surface area contributed by atoms with E-state index in [1.807, 2.05) is 0 Å². The summed E-state index contributed by atoms with van der Waals surface area (Å²) in [4.78, 5) is -1.04. The summed E-state index contributed by atoms with van der Waals surface area (Å²) in [5.74, 6) is -3.27. The van der Waals surface area contributed by atoms with Crippen LogP contribution in [0.4, 0.5) is 17.6 Å². The molecule has 0 saturated carbocycles. The van der Waals surface area contributed by atoms with E-state index in [9.17, 15) is 17.6 Å². The Labute approximate surface area is 123 Å². The van der Waals surface area contributed by atoms with Gasteiger partial charge in [-0.1, -0.05) is 37.9 Å². The van der Waals surface area contributed by atoms with Crippen molar-refractivity contribution in [3.05, 3.63) is 69.2 Å². The molecule has 0 aliphatic rings. The molecule has 2 rings (SSSR count). The van der Waals surface area contributed by atoms with E-state index in [0.29, 0.717) is 6.07 Å². The van der Waals surface area contributed by atoms with Gasteiger partial charge in [0, 0.05) is 21.7 Å². The van der Waals surface area contributed by atoms with Gasteiger partial charge in [0.2, 0.25) is 0 Å². The zero-order valence-corrected chi connectivity index (χ0v) is 12.4. The van der Waals surface area contributed by atoms with E-state index in [2.05, 4.69) is 31.9 Å². The summed E-state index contributed by atoms with van der Waals surface area (Å²) in [6.45, 7) is 0. The maximum absolute atomic E-state index is 13.8. The SMILES string of the molecule is Fc1ccc(C(Br)c2c(F)cc(Br)cc2F)c(F)c1. The van der Waals surface area contributed by atoms with E-state index in [-0.39, 0.29) is 15.6 Å². The molecule has 19 heavy (non-hydrogen) atoms. The molecule has 0 radical (unpaired) electrons. The van der Waals surface area contributed by atoms with Crippen molar-refractivity contribution in [1.29, 1.82) is 0 Å². The fourth-order valence-corrected chi connectivity index (χ4v) is 2.87. The van der Waals surface area contributed by atoms with E-state index in [1.54, 1.807) is 0 Å². The largest absolute Gasteiger partial charge is 0.207 e. The van der Waals surface area contributed by atoms with E-state index >= 15 is 0 Å². The molecule has 100 valence electrons. The Balaban J connectivity index is 2.53. The molecule has 0 amide bonds. The van der Waals surface area contributed by atoms with E-state index in [0.717, 1.165) is 24.3 Å². The molecule has 0 spiro atoms. The Hall–Kier alpha value is -0.880. The Morgan fingerprint density at radius 2 is 1.42 bits per heavy atom. The monoisotopic (exact) mass is 396 g/mol. The molecule has 2 aromatic rings. The zero-order chi connectivity index (χ0) is 14.2. The van der Waals surface area contributed by atoms with Crippen molar-refractivity contribution < 1.29 is 17.6 Å². The lowest BCUT2D eigenvalue weighted by Gasteiger charge is -2.14. The van der Waals surface area contributed by atoms with Crippen LogP contribution in [0.3, 0.4) is 0 Å². The summed E-state index contributed by atoms with van der Waals surface area (Å²) in [7, 11) is 0. The molecule has 0 nitrogen and oxygen atoms in total. The Kier molecular flexibility index (Phi) is 4.30. The van der Waals surface area contributed by atoms with E-state index in [1.165, 1.54) is 0 Å². The number of hydrogen-bond donors (Lipinski definition) is 0. The summed E-state index contributed by atoms with van der Waals surface area (Å²) >= 11 is 6.00. The lowest BCUT2D eigenvalue weighted by Crippen LogP contribution is -2.03. The van der Waals surface area contributed by atoms with Gasteiger partial charge in [0.05, 0.1) is 4.83 Å². The van der Waals surface area contributed by atoms with Gasteiger partial charge in [-0.25, -0.2) is 17.6 Å². The minimum atomic E-state index is -1.04. The van der Waals surface area contributed by atoms with Gasteiger partial charge in [-0.2, -0.15) is 0 Å². The fraction of sp³-hybridized carbons (Fsp3) is 0.0769. The fourth-order valence-electron chi connectivity index (χ4n) is 1.66. The second-order valence-electron chi connectivity index (χ2n) is 3.81. The molecule has 1 unspecified atom stereocenters. The van der Waals surface area contributed by atoms with Crippen LogP contribution in [0, 0.1) is 23.3 Å². The summed E-state index contributed by atoms with van der Waals surface area (Å²) in [5.41, 5.74) is -0.366. The topological polar surface area (TPSA) is 0 Å². The van der Waals surface area contributed by atoms with Gasteiger partial charge in [0.15, 0.2) is 0 Å². The van der Waals surface area contributed by atoms with Crippen molar-refractivity contribution in [3.8, 4) is 0 Å². The summed E-state index contributed by atoms with van der Waals surface area (Å²) < 4.78 is 54.2. The third-order valence-electron chi connectivity index (χ3n) is 2.53. The Bertz CT molecular complexity index is 605. The first kappa shape index (κ1) is 14.5. The van der Waals surface area contributed by atoms with Gasteiger partial charge >= 0.3 is 0 Å². The molecule has 0 saturated heterocycles. The van der Waals surface area contributed by atoms with Crippen molar-refractivity contribution in [1.82, 2.24) is 0 Å². The molecular weight excluding hydrogens is 392 g/mol. The number of halogens is 6. The zero-order valence-electron chi connectivity index (χ0n) is 9.23. The molecule has 0 bridgehead atoms. The van der Waals surface area contributed by atoms with Crippen LogP contribution in [0.5, 0.6) is 0 Å². The predicted molar refractivity (Wildman–Crippen MR) is 71.2 cm³/mol. The minimum Gasteiger partial charge on any atom is -0.207 e. The molecule has 0 aliphatic carbocycles. The molecule has 0 fully saturated rings. The second kappa shape index (κ2) is 5.63. The van der Waals surface area contributed by atoms with E-state index in [4.69, 9.17) is 0 Å². The Morgan fingerprint density at radius 1 is 0.842 bits per heavy atom. The molecule has 0 aromatic heterocycles. The van der Waals surface area contributed by atoms with Gasteiger partial charge in [-0.05, 0) is 18.2 Å². The minimum absolute atomic E-state index is 0.0403. The van der Waals surface area contributed by atoms with Crippen molar-refractivity contribution in [3.63, 3.8) is 0 Å². The first-order valence-corrected chi connectivity index (χ1v) is 6.84. The van der Waals surface area contributed by atoms with Crippen LogP contribution in [0.15, 0.2) is 34.8 Å². The highest BCUT2D eigenvalue weighted by molar-refractivity contribution is 9.10. The maximum Gasteiger partial charge on any atom is 0.131 e. The van der Waals surface area contributed by atoms with Crippen molar-refractivity contribution >= 4 is 31.9 Å². The summed E-state index contributed by atoms with van der Waals surface area (Å²) in [5, 5.41) is 0. The van der Waals surface area contributed by atoms with Crippen LogP contribution in [0.25, 0.3) is 0 Å². The van der Waals surface area contributed by atoms with Gasteiger partial charge < -0.3 is 0 Å². The standard InChI is InChI=1S/C13H6Br2F4/c14-6-3-10(18)12(11(19)4-6)13(15)8-2-1-7(16)5-9(8)17/h1-5,13H. The average Bonchev–Trinajstić information content (AvgIpc) is 2.26. The van der Waals surface area contributed by atoms with Crippen molar-refractivity contribution in [2.45, 2.75) is 4.83 Å². The van der Waals surface area contributed by atoms with E-state index < -0.39 is 28.1 Å². The van der Waals surface area contributed by atoms with Gasteiger partial charge in [-0.3, -0.25) is 0 Å². The lowest BCUT2D eigenvalue weighted by atomic mass is 10.0. The van der Waals surface area contributed by atoms with Crippen LogP contribution >= 0.6 is 31.9 Å². The molecule has 1 atom stereocenters. The number of alkyl halides is 1. The van der Waals surface area contributed by atoms with Crippen LogP contribution in [0.2, 0.25) is 0 Å². The number of rotatable bonds is 2. The molecule has 0 N–H and O–H groups in total. The van der Waals surface area contributed by atoms with Gasteiger partial charge in [-0.15, -0.1) is 0 Å². The average molecular weight is 398 g/mol. The first-order valence-electron chi connectivity index (χ1n) is 5.13. The van der Waals surface area contributed by atoms with Crippen molar-refractivity contribution in [2.75, 3.05) is 0 Å². The molecular formula is C13H6Br2F4. The quantitative estimate of drug-likeness (QED) is 0.464. The summed E-state index contributed by atoms with van der Waals surface area (Å²) in [6, 6.07) is 4.99. The molecule has 6 heteroatoms. The summed E-state index contributed by atoms with van der Waals surface area (Å²) in [6.07, 6.45) is 0. The lowest BCUT2D eigenvalue weighted by molar-refractivity contribution is 0.549. The molecule has 0 aliphatic heterocycles. The van der Waals surface area contributed by atoms with Crippen LogP contribution in [-0.2, 0) is 0 Å². The Morgan fingerprint density at radius 3 is 1.95 bits per heavy atom. The molecule has 0 heterocycles. The van der Waals surface area contributed by atoms with Crippen LogP contribution in [-0.4, -0.2) is 0 Å². The highest BCUT2D eigenvalue weighted by Crippen LogP contribution is 2.36. The second-order valence-corrected chi connectivity index (χ2v) is 5.64. The van der Waals surface area contributed by atoms with Crippen LogP contribution < -0.4 is 0 Å². The molecule has 2 aromatic carbocycles. The van der Waals surface area contributed by atoms with Crippen molar-refractivity contribution in [2.24, 2.45) is 0 Å². The smallest absolute Gasteiger partial charge is 0.131 e. The predicted octanol–water partition coefficient (Wildman–Crippen LogP) is 5.49. The van der Waals surface area contributed by atoms with Crippen LogP contribution in [0.1, 0.15) is 16.0 Å².